The van der Waals surface area contributed by atoms with Gasteiger partial charge in [0.2, 0.25) is 0 Å². The molecule has 0 amide bonds. The van der Waals surface area contributed by atoms with Gasteiger partial charge >= 0.3 is 5.97 Å². The van der Waals surface area contributed by atoms with Gasteiger partial charge in [0, 0.05) is 19.1 Å². The molecule has 3 heteroatoms. The molecule has 2 atom stereocenters. The Morgan fingerprint density at radius 1 is 1.24 bits per heavy atom. The lowest BCUT2D eigenvalue weighted by atomic mass is 9.84. The smallest absolute Gasteiger partial charge is 0.304 e. The van der Waals surface area contributed by atoms with Crippen LogP contribution in [0, 0.1) is 12.8 Å². The molecule has 1 aliphatic rings. The molecule has 1 aromatic carbocycles. The van der Waals surface area contributed by atoms with E-state index < -0.39 is 5.97 Å². The molecule has 0 saturated heterocycles. The highest BCUT2D eigenvalue weighted by molar-refractivity contribution is 5.66. The molecule has 2 unspecified atom stereocenters. The van der Waals surface area contributed by atoms with E-state index in [9.17, 15) is 4.79 Å². The molecular formula is C18H27NO2. The maximum atomic E-state index is 10.9. The summed E-state index contributed by atoms with van der Waals surface area (Å²) < 4.78 is 0. The first kappa shape index (κ1) is 16.0. The number of carboxylic acid groups (broad SMARTS) is 1. The number of hydrogen-bond acceptors (Lipinski definition) is 2. The van der Waals surface area contributed by atoms with E-state index in [1.165, 1.54) is 36.8 Å². The van der Waals surface area contributed by atoms with Crippen LogP contribution in [0.25, 0.3) is 0 Å². The molecule has 0 aliphatic heterocycles. The zero-order chi connectivity index (χ0) is 15.2. The number of benzene rings is 1. The van der Waals surface area contributed by atoms with E-state index in [2.05, 4.69) is 43.0 Å². The molecule has 0 heterocycles. The molecule has 0 radical (unpaired) electrons. The molecule has 1 N–H and O–H groups in total. The lowest BCUT2D eigenvalue weighted by Crippen LogP contribution is -2.42. The third kappa shape index (κ3) is 4.85. The van der Waals surface area contributed by atoms with Crippen molar-refractivity contribution in [2.24, 2.45) is 5.92 Å². The summed E-state index contributed by atoms with van der Waals surface area (Å²) >= 11 is 0. The number of nitrogens with zero attached hydrogens (tertiary/aromatic N) is 1. The normalized spacial score (nSPS) is 22.4. The summed E-state index contributed by atoms with van der Waals surface area (Å²) in [6.45, 7) is 5.92. The lowest BCUT2D eigenvalue weighted by molar-refractivity contribution is -0.137. The van der Waals surface area contributed by atoms with Crippen molar-refractivity contribution in [3.05, 3.63) is 35.4 Å². The molecule has 1 fully saturated rings. The predicted octanol–water partition coefficient (Wildman–Crippen LogP) is 3.85. The second-order valence-electron chi connectivity index (χ2n) is 6.43. The minimum atomic E-state index is -0.702. The largest absolute Gasteiger partial charge is 0.481 e. The Labute approximate surface area is 128 Å². The Bertz CT molecular complexity index is 455. The Hall–Kier alpha value is -1.35. The fraction of sp³-hybridized carbons (Fsp3) is 0.611. The van der Waals surface area contributed by atoms with E-state index in [0.29, 0.717) is 18.5 Å². The first-order valence-corrected chi connectivity index (χ1v) is 8.07. The van der Waals surface area contributed by atoms with Crippen molar-refractivity contribution in [1.29, 1.82) is 0 Å². The average Bonchev–Trinajstić information content (AvgIpc) is 2.46. The first-order valence-electron chi connectivity index (χ1n) is 8.07. The van der Waals surface area contributed by atoms with Crippen molar-refractivity contribution in [2.75, 3.05) is 6.54 Å². The van der Waals surface area contributed by atoms with Crippen LogP contribution >= 0.6 is 0 Å². The Kier molecular flexibility index (Phi) is 5.80. The molecule has 1 aliphatic carbocycles. The highest BCUT2D eigenvalue weighted by atomic mass is 16.4. The maximum absolute atomic E-state index is 10.9. The zero-order valence-corrected chi connectivity index (χ0v) is 13.2. The van der Waals surface area contributed by atoms with Crippen LogP contribution in [0.2, 0.25) is 0 Å². The van der Waals surface area contributed by atoms with Crippen molar-refractivity contribution >= 4 is 5.97 Å². The fourth-order valence-electron chi connectivity index (χ4n) is 3.37. The Balaban J connectivity index is 2.06. The van der Waals surface area contributed by atoms with Crippen LogP contribution in [-0.2, 0) is 11.3 Å². The van der Waals surface area contributed by atoms with Crippen molar-refractivity contribution < 1.29 is 9.90 Å². The summed E-state index contributed by atoms with van der Waals surface area (Å²) in [5.41, 5.74) is 2.55. The fourth-order valence-corrected chi connectivity index (χ4v) is 3.37. The van der Waals surface area contributed by atoms with Crippen molar-refractivity contribution in [1.82, 2.24) is 4.90 Å². The number of aryl methyl sites for hydroxylation is 1. The third-order valence-electron chi connectivity index (χ3n) is 4.65. The van der Waals surface area contributed by atoms with E-state index in [-0.39, 0.29) is 6.42 Å². The van der Waals surface area contributed by atoms with Gasteiger partial charge in [-0.3, -0.25) is 9.69 Å². The number of carboxylic acids is 1. The number of carbonyl (C=O) groups is 1. The average molecular weight is 289 g/mol. The van der Waals surface area contributed by atoms with Crippen LogP contribution < -0.4 is 0 Å². The molecule has 0 bridgehead atoms. The van der Waals surface area contributed by atoms with E-state index in [0.717, 1.165) is 6.54 Å². The highest BCUT2D eigenvalue weighted by Gasteiger charge is 2.27. The van der Waals surface area contributed by atoms with Crippen LogP contribution in [0.3, 0.4) is 0 Å². The van der Waals surface area contributed by atoms with Crippen LogP contribution in [0.15, 0.2) is 24.3 Å². The van der Waals surface area contributed by atoms with Gasteiger partial charge in [0.1, 0.15) is 0 Å². The summed E-state index contributed by atoms with van der Waals surface area (Å²) in [5.74, 6) is -0.0367. The zero-order valence-electron chi connectivity index (χ0n) is 13.2. The number of hydrogen-bond donors (Lipinski definition) is 1. The van der Waals surface area contributed by atoms with Gasteiger partial charge in [-0.2, -0.15) is 0 Å². The van der Waals surface area contributed by atoms with Crippen LogP contribution in [-0.4, -0.2) is 28.6 Å². The van der Waals surface area contributed by atoms with E-state index in [1.54, 1.807) is 0 Å². The molecule has 1 saturated carbocycles. The molecule has 3 nitrogen and oxygen atoms in total. The minimum absolute atomic E-state index is 0.231. The van der Waals surface area contributed by atoms with Gasteiger partial charge in [0.25, 0.3) is 0 Å². The van der Waals surface area contributed by atoms with E-state index in [4.69, 9.17) is 5.11 Å². The van der Waals surface area contributed by atoms with Crippen LogP contribution in [0.4, 0.5) is 0 Å². The van der Waals surface area contributed by atoms with Crippen molar-refractivity contribution in [2.45, 2.75) is 58.5 Å². The van der Waals surface area contributed by atoms with Crippen LogP contribution in [0.5, 0.6) is 0 Å². The molecule has 0 spiro atoms. The second-order valence-corrected chi connectivity index (χ2v) is 6.43. The summed E-state index contributed by atoms with van der Waals surface area (Å²) in [5, 5.41) is 9.00. The minimum Gasteiger partial charge on any atom is -0.481 e. The summed E-state index contributed by atoms with van der Waals surface area (Å²) in [6.07, 6.45) is 5.28. The number of rotatable bonds is 6. The molecule has 1 aromatic rings. The maximum Gasteiger partial charge on any atom is 0.304 e. The van der Waals surface area contributed by atoms with Crippen molar-refractivity contribution in [3.63, 3.8) is 0 Å². The van der Waals surface area contributed by atoms with E-state index in [1.807, 2.05) is 0 Å². The molecule has 21 heavy (non-hydrogen) atoms. The lowest BCUT2D eigenvalue weighted by Gasteiger charge is -2.38. The highest BCUT2D eigenvalue weighted by Crippen LogP contribution is 2.29. The van der Waals surface area contributed by atoms with Crippen molar-refractivity contribution in [3.8, 4) is 0 Å². The van der Waals surface area contributed by atoms with Gasteiger partial charge in [0.15, 0.2) is 0 Å². The van der Waals surface area contributed by atoms with Gasteiger partial charge in [-0.1, -0.05) is 49.6 Å². The Morgan fingerprint density at radius 3 is 2.52 bits per heavy atom. The summed E-state index contributed by atoms with van der Waals surface area (Å²) in [6, 6.07) is 9.12. The molecular weight excluding hydrogens is 262 g/mol. The molecule has 0 aromatic heterocycles. The second kappa shape index (κ2) is 7.60. The van der Waals surface area contributed by atoms with Gasteiger partial charge in [-0.25, -0.2) is 0 Å². The Morgan fingerprint density at radius 2 is 1.90 bits per heavy atom. The third-order valence-corrected chi connectivity index (χ3v) is 4.65. The SMILES string of the molecule is Cc1ccc(CN(CCC(=O)O)C2CCCCC2C)cc1. The first-order chi connectivity index (χ1) is 10.1. The summed E-state index contributed by atoms with van der Waals surface area (Å²) in [7, 11) is 0. The molecule has 2 rings (SSSR count). The number of aliphatic carboxylic acids is 1. The standard InChI is InChI=1S/C18H27NO2/c1-14-7-9-16(10-8-14)13-19(12-11-18(20)21)17-6-4-3-5-15(17)2/h7-10,15,17H,3-6,11-13H2,1-2H3,(H,20,21). The predicted molar refractivity (Wildman–Crippen MR) is 85.3 cm³/mol. The van der Waals surface area contributed by atoms with Gasteiger partial charge < -0.3 is 5.11 Å². The van der Waals surface area contributed by atoms with Gasteiger partial charge in [-0.15, -0.1) is 0 Å². The molecule has 116 valence electrons. The topological polar surface area (TPSA) is 40.5 Å². The quantitative estimate of drug-likeness (QED) is 0.864. The van der Waals surface area contributed by atoms with Gasteiger partial charge in [-0.05, 0) is 31.2 Å². The summed E-state index contributed by atoms with van der Waals surface area (Å²) in [4.78, 5) is 13.3. The monoisotopic (exact) mass is 289 g/mol. The van der Waals surface area contributed by atoms with E-state index >= 15 is 0 Å². The van der Waals surface area contributed by atoms with Gasteiger partial charge in [0.05, 0.1) is 6.42 Å². The van der Waals surface area contributed by atoms with Crippen LogP contribution in [0.1, 0.15) is 50.2 Å².